The molecular weight excluding hydrogens is 405 g/mol. The maximum absolute atomic E-state index is 13.5. The zero-order chi connectivity index (χ0) is 23.0. The molecule has 1 N–H and O–H groups in total. The van der Waals surface area contributed by atoms with Gasteiger partial charge in [-0.1, -0.05) is 24.3 Å². The van der Waals surface area contributed by atoms with Crippen LogP contribution in [-0.4, -0.2) is 25.9 Å². The summed E-state index contributed by atoms with van der Waals surface area (Å²) >= 11 is 0. The van der Waals surface area contributed by atoms with Crippen LogP contribution < -0.4 is 15.1 Å². The molecule has 6 heteroatoms. The molecule has 32 heavy (non-hydrogen) atoms. The number of anilines is 3. The lowest BCUT2D eigenvalue weighted by Crippen LogP contribution is -2.32. The van der Waals surface area contributed by atoms with Gasteiger partial charge in [-0.25, -0.2) is 9.29 Å². The lowest BCUT2D eigenvalue weighted by atomic mass is 10.0. The van der Waals surface area contributed by atoms with Gasteiger partial charge in [-0.05, 0) is 73.0 Å². The summed E-state index contributed by atoms with van der Waals surface area (Å²) in [5.74, 6) is -1.31. The molecule has 0 aromatic heterocycles. The van der Waals surface area contributed by atoms with Crippen LogP contribution in [0.4, 0.5) is 21.5 Å². The van der Waals surface area contributed by atoms with Crippen LogP contribution in [0.3, 0.4) is 0 Å². The van der Waals surface area contributed by atoms with E-state index in [9.17, 15) is 14.0 Å². The van der Waals surface area contributed by atoms with Gasteiger partial charge < -0.3 is 10.2 Å². The van der Waals surface area contributed by atoms with E-state index in [1.165, 1.54) is 24.3 Å². The highest BCUT2D eigenvalue weighted by atomic mass is 19.1. The Morgan fingerprint density at radius 3 is 2.12 bits per heavy atom. The predicted octanol–water partition coefficient (Wildman–Crippen LogP) is 4.91. The van der Waals surface area contributed by atoms with E-state index in [0.29, 0.717) is 11.3 Å². The summed E-state index contributed by atoms with van der Waals surface area (Å²) in [6.45, 7) is 3.89. The van der Waals surface area contributed by atoms with Crippen molar-refractivity contribution in [2.24, 2.45) is 0 Å². The predicted molar refractivity (Wildman–Crippen MR) is 126 cm³/mol. The third-order valence-corrected chi connectivity index (χ3v) is 5.49. The summed E-state index contributed by atoms with van der Waals surface area (Å²) in [5, 5.41) is 3.19. The van der Waals surface area contributed by atoms with Crippen molar-refractivity contribution in [3.05, 3.63) is 94.9 Å². The van der Waals surface area contributed by atoms with Gasteiger partial charge in [0.05, 0.1) is 11.3 Å². The smallest absolute Gasteiger partial charge is 0.282 e. The van der Waals surface area contributed by atoms with E-state index >= 15 is 0 Å². The second kappa shape index (κ2) is 8.30. The van der Waals surface area contributed by atoms with Gasteiger partial charge in [0.25, 0.3) is 11.8 Å². The molecular formula is C26H24FN3O2. The Labute approximate surface area is 186 Å². The monoisotopic (exact) mass is 429 g/mol. The van der Waals surface area contributed by atoms with Crippen molar-refractivity contribution in [1.82, 2.24) is 0 Å². The van der Waals surface area contributed by atoms with E-state index in [2.05, 4.69) is 5.32 Å². The highest BCUT2D eigenvalue weighted by molar-refractivity contribution is 6.46. The minimum atomic E-state index is -0.452. The number of carbonyl (C=O) groups is 2. The van der Waals surface area contributed by atoms with Gasteiger partial charge in [-0.3, -0.25) is 9.59 Å². The quantitative estimate of drug-likeness (QED) is 0.586. The molecule has 1 aliphatic heterocycles. The molecule has 0 fully saturated rings. The molecule has 0 saturated carbocycles. The summed E-state index contributed by atoms with van der Waals surface area (Å²) in [5.41, 5.74) is 5.00. The minimum Gasteiger partial charge on any atom is -0.378 e. The topological polar surface area (TPSA) is 52.7 Å². The number of aryl methyl sites for hydroxylation is 2. The van der Waals surface area contributed by atoms with Crippen molar-refractivity contribution in [1.29, 1.82) is 0 Å². The van der Waals surface area contributed by atoms with Crippen LogP contribution in [-0.2, 0) is 9.59 Å². The largest absolute Gasteiger partial charge is 0.378 e. The Morgan fingerprint density at radius 2 is 1.50 bits per heavy atom. The molecule has 1 aliphatic rings. The lowest BCUT2D eigenvalue weighted by Gasteiger charge is -2.18. The minimum absolute atomic E-state index is 0.173. The first-order valence-corrected chi connectivity index (χ1v) is 10.3. The van der Waals surface area contributed by atoms with Gasteiger partial charge in [0.1, 0.15) is 11.5 Å². The van der Waals surface area contributed by atoms with Crippen LogP contribution in [0.1, 0.15) is 16.7 Å². The molecule has 0 radical (unpaired) electrons. The molecule has 0 unspecified atom stereocenters. The normalized spacial score (nSPS) is 13.7. The van der Waals surface area contributed by atoms with E-state index in [0.717, 1.165) is 27.4 Å². The first kappa shape index (κ1) is 21.3. The first-order chi connectivity index (χ1) is 15.3. The first-order valence-electron chi connectivity index (χ1n) is 10.3. The van der Waals surface area contributed by atoms with Gasteiger partial charge >= 0.3 is 0 Å². The Balaban J connectivity index is 1.81. The molecule has 0 saturated heterocycles. The number of carbonyl (C=O) groups excluding carboxylic acids is 2. The molecule has 4 rings (SSSR count). The number of rotatable bonds is 5. The Bertz CT molecular complexity index is 1230. The highest BCUT2D eigenvalue weighted by Crippen LogP contribution is 2.35. The zero-order valence-electron chi connectivity index (χ0n) is 18.4. The molecule has 1 heterocycles. The van der Waals surface area contributed by atoms with Gasteiger partial charge in [0.15, 0.2) is 0 Å². The maximum atomic E-state index is 13.5. The van der Waals surface area contributed by atoms with Gasteiger partial charge in [-0.2, -0.15) is 0 Å². The van der Waals surface area contributed by atoms with E-state index in [1.54, 1.807) is 12.1 Å². The fourth-order valence-electron chi connectivity index (χ4n) is 3.67. The number of hydrogen-bond acceptors (Lipinski definition) is 4. The van der Waals surface area contributed by atoms with Gasteiger partial charge in [0.2, 0.25) is 0 Å². The zero-order valence-corrected chi connectivity index (χ0v) is 18.4. The standard InChI is InChI=1S/C26H24FN3O2/c1-16-5-6-17(2)22(15-16)28-24-23(18-7-9-19(27)10-8-18)25(31)30(26(24)32)21-13-11-20(12-14-21)29(3)4/h5-15,28H,1-4H3. The second-order valence-corrected chi connectivity index (χ2v) is 8.06. The fraction of sp³-hybridized carbons (Fsp3) is 0.154. The van der Waals surface area contributed by atoms with Crippen molar-refractivity contribution in [3.63, 3.8) is 0 Å². The number of nitrogens with one attached hydrogen (secondary N) is 1. The van der Waals surface area contributed by atoms with Crippen molar-refractivity contribution in [2.75, 3.05) is 29.2 Å². The average molecular weight is 429 g/mol. The number of imide groups is 1. The summed E-state index contributed by atoms with van der Waals surface area (Å²) < 4.78 is 13.5. The molecule has 0 bridgehead atoms. The van der Waals surface area contributed by atoms with Crippen LogP contribution in [0.5, 0.6) is 0 Å². The number of hydrogen-bond donors (Lipinski definition) is 1. The molecule has 0 aliphatic carbocycles. The molecule has 5 nitrogen and oxygen atoms in total. The maximum Gasteiger partial charge on any atom is 0.282 e. The van der Waals surface area contributed by atoms with E-state index in [4.69, 9.17) is 0 Å². The Morgan fingerprint density at radius 1 is 0.844 bits per heavy atom. The number of halogens is 1. The molecule has 2 amide bonds. The Kier molecular flexibility index (Phi) is 5.53. The summed E-state index contributed by atoms with van der Waals surface area (Å²) in [4.78, 5) is 30.1. The molecule has 162 valence electrons. The molecule has 0 atom stereocenters. The summed E-state index contributed by atoms with van der Waals surface area (Å²) in [6, 6.07) is 18.6. The van der Waals surface area contributed by atoms with Crippen LogP contribution in [0.25, 0.3) is 5.57 Å². The number of benzene rings is 3. The third kappa shape index (κ3) is 3.87. The van der Waals surface area contributed by atoms with E-state index in [-0.39, 0.29) is 11.3 Å². The Hall–Kier alpha value is -3.93. The van der Waals surface area contributed by atoms with E-state index in [1.807, 2.05) is 63.2 Å². The van der Waals surface area contributed by atoms with Crippen molar-refractivity contribution in [2.45, 2.75) is 13.8 Å². The molecule has 3 aromatic carbocycles. The summed E-state index contributed by atoms with van der Waals surface area (Å²) in [6.07, 6.45) is 0. The van der Waals surface area contributed by atoms with Crippen LogP contribution in [0.2, 0.25) is 0 Å². The highest BCUT2D eigenvalue weighted by Gasteiger charge is 2.40. The van der Waals surface area contributed by atoms with Crippen LogP contribution in [0.15, 0.2) is 72.4 Å². The van der Waals surface area contributed by atoms with E-state index < -0.39 is 17.6 Å². The average Bonchev–Trinajstić information content (AvgIpc) is 3.01. The van der Waals surface area contributed by atoms with Gasteiger partial charge in [-0.15, -0.1) is 0 Å². The van der Waals surface area contributed by atoms with Crippen molar-refractivity contribution in [3.8, 4) is 0 Å². The van der Waals surface area contributed by atoms with Crippen molar-refractivity contribution >= 4 is 34.4 Å². The van der Waals surface area contributed by atoms with Gasteiger partial charge in [0, 0.05) is 25.5 Å². The fourth-order valence-corrected chi connectivity index (χ4v) is 3.67. The number of amides is 2. The second-order valence-electron chi connectivity index (χ2n) is 8.06. The lowest BCUT2D eigenvalue weighted by molar-refractivity contribution is -0.120. The van der Waals surface area contributed by atoms with Crippen LogP contribution in [0, 0.1) is 19.7 Å². The number of nitrogens with zero attached hydrogens (tertiary/aromatic N) is 2. The SMILES string of the molecule is Cc1ccc(C)c(NC2=C(c3ccc(F)cc3)C(=O)N(c3ccc(N(C)C)cc3)C2=O)c1. The molecule has 3 aromatic rings. The van der Waals surface area contributed by atoms with Crippen molar-refractivity contribution < 1.29 is 14.0 Å². The third-order valence-electron chi connectivity index (χ3n) is 5.49. The van der Waals surface area contributed by atoms with Crippen LogP contribution >= 0.6 is 0 Å². The summed E-state index contributed by atoms with van der Waals surface area (Å²) in [7, 11) is 3.84. The molecule has 0 spiro atoms.